The zero-order chi connectivity index (χ0) is 16.8. The molecule has 1 aromatic heterocycles. The Bertz CT molecular complexity index is 733. The summed E-state index contributed by atoms with van der Waals surface area (Å²) in [5, 5.41) is 3.95. The van der Waals surface area contributed by atoms with Crippen LogP contribution in [-0.2, 0) is 19.4 Å². The molecule has 0 spiro atoms. The van der Waals surface area contributed by atoms with E-state index in [4.69, 9.17) is 4.52 Å². The van der Waals surface area contributed by atoms with Gasteiger partial charge in [-0.2, -0.15) is 4.98 Å². The highest BCUT2D eigenvalue weighted by Gasteiger charge is 2.38. The van der Waals surface area contributed by atoms with Crippen LogP contribution in [-0.4, -0.2) is 51.7 Å². The molecule has 2 bridgehead atoms. The van der Waals surface area contributed by atoms with Gasteiger partial charge < -0.3 is 4.52 Å². The molecule has 4 heterocycles. The van der Waals surface area contributed by atoms with Crippen molar-refractivity contribution < 1.29 is 4.52 Å². The molecule has 5 nitrogen and oxygen atoms in total. The normalized spacial score (nSPS) is 27.6. The van der Waals surface area contributed by atoms with Crippen LogP contribution in [0, 0.1) is 12.8 Å². The van der Waals surface area contributed by atoms with Gasteiger partial charge in [0.1, 0.15) is 0 Å². The van der Waals surface area contributed by atoms with Gasteiger partial charge in [-0.15, -0.1) is 0 Å². The fraction of sp³-hybridized carbons (Fsp3) is 0.600. The van der Waals surface area contributed by atoms with Gasteiger partial charge in [-0.05, 0) is 49.7 Å². The van der Waals surface area contributed by atoms with Crippen molar-refractivity contribution in [1.82, 2.24) is 19.9 Å². The lowest BCUT2D eigenvalue weighted by Gasteiger charge is -2.35. The average Bonchev–Trinajstić information content (AvgIpc) is 3.11. The van der Waals surface area contributed by atoms with Crippen molar-refractivity contribution in [2.75, 3.05) is 19.6 Å². The van der Waals surface area contributed by atoms with Crippen molar-refractivity contribution in [2.45, 2.75) is 51.2 Å². The molecule has 2 atom stereocenters. The van der Waals surface area contributed by atoms with Gasteiger partial charge >= 0.3 is 0 Å². The first-order valence-electron chi connectivity index (χ1n) is 9.58. The Balaban J connectivity index is 1.30. The summed E-state index contributed by atoms with van der Waals surface area (Å²) in [5.41, 5.74) is 3.12. The number of fused-ring (bicyclic) bond motifs is 5. The lowest BCUT2D eigenvalue weighted by molar-refractivity contribution is 0.107. The SMILES string of the molecule is Cc1noc(CN2C[C@@H]3CC[C@H]2CN(C2Cc4ccccc4C2)C3)n1. The van der Waals surface area contributed by atoms with E-state index >= 15 is 0 Å². The van der Waals surface area contributed by atoms with Crippen LogP contribution in [0.1, 0.15) is 35.7 Å². The van der Waals surface area contributed by atoms with Crippen LogP contribution in [0.25, 0.3) is 0 Å². The monoisotopic (exact) mass is 338 g/mol. The molecule has 25 heavy (non-hydrogen) atoms. The molecule has 6 rings (SSSR count). The van der Waals surface area contributed by atoms with Crippen molar-refractivity contribution in [3.8, 4) is 0 Å². The summed E-state index contributed by atoms with van der Waals surface area (Å²) in [4.78, 5) is 9.78. The van der Waals surface area contributed by atoms with Crippen LogP contribution in [0.2, 0.25) is 0 Å². The summed E-state index contributed by atoms with van der Waals surface area (Å²) in [7, 11) is 0. The van der Waals surface area contributed by atoms with E-state index in [2.05, 4.69) is 44.2 Å². The maximum Gasteiger partial charge on any atom is 0.240 e. The number of benzene rings is 1. The molecule has 132 valence electrons. The van der Waals surface area contributed by atoms with E-state index in [9.17, 15) is 0 Å². The van der Waals surface area contributed by atoms with Crippen molar-refractivity contribution in [2.24, 2.45) is 5.92 Å². The third kappa shape index (κ3) is 3.00. The molecule has 0 unspecified atom stereocenters. The van der Waals surface area contributed by atoms with Crippen LogP contribution >= 0.6 is 0 Å². The molecule has 0 amide bonds. The van der Waals surface area contributed by atoms with E-state index in [-0.39, 0.29) is 0 Å². The summed E-state index contributed by atoms with van der Waals surface area (Å²) in [6.45, 7) is 6.29. The van der Waals surface area contributed by atoms with Gasteiger partial charge in [0, 0.05) is 31.7 Å². The summed E-state index contributed by atoms with van der Waals surface area (Å²) >= 11 is 0. The molecule has 2 aromatic rings. The summed E-state index contributed by atoms with van der Waals surface area (Å²) < 4.78 is 5.37. The minimum absolute atomic E-state index is 0.620. The molecule has 1 aromatic carbocycles. The van der Waals surface area contributed by atoms with Crippen molar-refractivity contribution in [1.29, 1.82) is 0 Å². The molecule has 4 aliphatic rings. The van der Waals surface area contributed by atoms with Gasteiger partial charge in [0.15, 0.2) is 5.82 Å². The number of aromatic nitrogens is 2. The average molecular weight is 338 g/mol. The van der Waals surface area contributed by atoms with Gasteiger partial charge in [-0.1, -0.05) is 29.4 Å². The Morgan fingerprint density at radius 1 is 1.04 bits per heavy atom. The van der Waals surface area contributed by atoms with E-state index in [1.165, 1.54) is 45.3 Å². The first-order chi connectivity index (χ1) is 12.2. The molecular formula is C20H26N4O. The molecule has 1 aliphatic carbocycles. The number of rotatable bonds is 3. The minimum atomic E-state index is 0.620. The predicted octanol–water partition coefficient (Wildman–Crippen LogP) is 2.44. The number of hydrogen-bond donors (Lipinski definition) is 0. The quantitative estimate of drug-likeness (QED) is 0.860. The number of aryl methyl sites for hydroxylation is 1. The third-order valence-corrected chi connectivity index (χ3v) is 6.31. The number of nitrogens with zero attached hydrogens (tertiary/aromatic N) is 4. The first kappa shape index (κ1) is 15.5. The minimum Gasteiger partial charge on any atom is -0.338 e. The topological polar surface area (TPSA) is 45.4 Å². The lowest BCUT2D eigenvalue weighted by Crippen LogP contribution is -2.44. The maximum absolute atomic E-state index is 5.37. The number of hydrogen-bond acceptors (Lipinski definition) is 5. The summed E-state index contributed by atoms with van der Waals surface area (Å²) in [6, 6.07) is 10.3. The fourth-order valence-electron chi connectivity index (χ4n) is 5.08. The van der Waals surface area contributed by atoms with E-state index in [1.807, 2.05) is 6.92 Å². The molecule has 3 fully saturated rings. The molecule has 3 aliphatic heterocycles. The second-order valence-electron chi connectivity index (χ2n) is 8.05. The Hall–Kier alpha value is -1.72. The Morgan fingerprint density at radius 2 is 1.84 bits per heavy atom. The van der Waals surface area contributed by atoms with Crippen LogP contribution in [0.3, 0.4) is 0 Å². The van der Waals surface area contributed by atoms with Crippen LogP contribution in [0.15, 0.2) is 28.8 Å². The largest absolute Gasteiger partial charge is 0.338 e. The molecule has 0 saturated carbocycles. The Labute approximate surface area is 149 Å². The zero-order valence-electron chi connectivity index (χ0n) is 14.9. The van der Waals surface area contributed by atoms with Crippen LogP contribution < -0.4 is 0 Å². The van der Waals surface area contributed by atoms with Gasteiger partial charge in [0.2, 0.25) is 5.89 Å². The zero-order valence-corrected chi connectivity index (χ0v) is 14.9. The highest BCUT2D eigenvalue weighted by Crippen LogP contribution is 2.33. The third-order valence-electron chi connectivity index (χ3n) is 6.31. The molecular weight excluding hydrogens is 312 g/mol. The highest BCUT2D eigenvalue weighted by atomic mass is 16.5. The number of piperidine rings is 1. The van der Waals surface area contributed by atoms with Crippen molar-refractivity contribution in [3.63, 3.8) is 0 Å². The molecule has 0 N–H and O–H groups in total. The summed E-state index contributed by atoms with van der Waals surface area (Å²) in [6.07, 6.45) is 5.10. The highest BCUT2D eigenvalue weighted by molar-refractivity contribution is 5.33. The maximum atomic E-state index is 5.37. The van der Waals surface area contributed by atoms with Gasteiger partial charge in [0.25, 0.3) is 0 Å². The van der Waals surface area contributed by atoms with Gasteiger partial charge in [-0.3, -0.25) is 9.80 Å². The smallest absolute Gasteiger partial charge is 0.240 e. The Morgan fingerprint density at radius 3 is 2.56 bits per heavy atom. The second-order valence-corrected chi connectivity index (χ2v) is 8.05. The van der Waals surface area contributed by atoms with Crippen molar-refractivity contribution in [3.05, 3.63) is 47.1 Å². The Kier molecular flexibility index (Phi) is 3.86. The fourth-order valence-corrected chi connectivity index (χ4v) is 5.08. The predicted molar refractivity (Wildman–Crippen MR) is 95.2 cm³/mol. The van der Waals surface area contributed by atoms with Gasteiger partial charge in [0.05, 0.1) is 6.54 Å². The van der Waals surface area contributed by atoms with E-state index < -0.39 is 0 Å². The lowest BCUT2D eigenvalue weighted by atomic mass is 9.95. The molecule has 0 radical (unpaired) electrons. The van der Waals surface area contributed by atoms with Crippen LogP contribution in [0.4, 0.5) is 0 Å². The molecule has 5 heteroatoms. The van der Waals surface area contributed by atoms with Crippen LogP contribution in [0.5, 0.6) is 0 Å². The van der Waals surface area contributed by atoms with Crippen molar-refractivity contribution >= 4 is 0 Å². The second kappa shape index (κ2) is 6.22. The molecule has 3 saturated heterocycles. The standard InChI is InChI=1S/C20H26N4O/c1-14-21-20(25-22-14)13-24-11-15-6-7-18(24)12-23(10-15)19-8-16-4-2-3-5-17(16)9-19/h2-5,15,18-19H,6-13H2,1H3/t15-,18+/m1/s1. The van der Waals surface area contributed by atoms with E-state index in [0.717, 1.165) is 24.2 Å². The van der Waals surface area contributed by atoms with E-state index in [0.29, 0.717) is 12.1 Å². The summed E-state index contributed by atoms with van der Waals surface area (Å²) in [5.74, 6) is 2.27. The van der Waals surface area contributed by atoms with Gasteiger partial charge in [-0.25, -0.2) is 0 Å². The first-order valence-corrected chi connectivity index (χ1v) is 9.58. The van der Waals surface area contributed by atoms with E-state index in [1.54, 1.807) is 11.1 Å².